The van der Waals surface area contributed by atoms with Gasteiger partial charge in [0.05, 0.1) is 23.6 Å². The molecule has 122 valence electrons. The number of ether oxygens (including phenoxy) is 1. The van der Waals surface area contributed by atoms with E-state index >= 15 is 0 Å². The Balaban J connectivity index is 2.46. The van der Waals surface area contributed by atoms with Gasteiger partial charge in [-0.25, -0.2) is 4.79 Å². The third-order valence-electron chi connectivity index (χ3n) is 3.43. The first-order valence-corrected chi connectivity index (χ1v) is 7.98. The van der Waals surface area contributed by atoms with E-state index in [9.17, 15) is 9.90 Å². The van der Waals surface area contributed by atoms with Gasteiger partial charge in [-0.05, 0) is 43.0 Å². The smallest absolute Gasteiger partial charge is 0.337 e. The molecule has 4 heteroatoms. The van der Waals surface area contributed by atoms with Crippen LogP contribution >= 0.6 is 0 Å². The lowest BCUT2D eigenvalue weighted by molar-refractivity contribution is 0.0695. The van der Waals surface area contributed by atoms with Crippen molar-refractivity contribution in [1.29, 1.82) is 0 Å². The number of carbonyl (C=O) groups is 1. The molecule has 0 aliphatic carbocycles. The number of hydrogen-bond acceptors (Lipinski definition) is 3. The van der Waals surface area contributed by atoms with E-state index in [0.29, 0.717) is 24.6 Å². The van der Waals surface area contributed by atoms with Crippen molar-refractivity contribution in [1.82, 2.24) is 4.98 Å². The number of hydrogen-bond donors (Lipinski definition) is 1. The lowest BCUT2D eigenvalue weighted by Crippen LogP contribution is -2.08. The summed E-state index contributed by atoms with van der Waals surface area (Å²) in [5, 5.41) is 9.35. The fraction of sp³-hybridized carbons (Fsp3) is 0.368. The van der Waals surface area contributed by atoms with Crippen molar-refractivity contribution in [3.63, 3.8) is 0 Å². The monoisotopic (exact) mass is 313 g/mol. The van der Waals surface area contributed by atoms with E-state index in [0.717, 1.165) is 23.4 Å². The number of aromatic nitrogens is 1. The summed E-state index contributed by atoms with van der Waals surface area (Å²) in [6, 6.07) is 11.1. The molecule has 1 aromatic heterocycles. The molecule has 2 rings (SSSR count). The lowest BCUT2D eigenvalue weighted by atomic mass is 10.0. The molecule has 0 saturated heterocycles. The van der Waals surface area contributed by atoms with Crippen LogP contribution in [0.4, 0.5) is 0 Å². The SMILES string of the molecule is CCCOc1ccccc1-c1ccc(C(=O)O)c(CC(C)C)n1. The molecule has 0 spiro atoms. The third kappa shape index (κ3) is 4.31. The molecule has 0 fully saturated rings. The predicted molar refractivity (Wildman–Crippen MR) is 91.0 cm³/mol. The molecule has 0 radical (unpaired) electrons. The van der Waals surface area contributed by atoms with E-state index in [4.69, 9.17) is 4.74 Å². The van der Waals surface area contributed by atoms with Crippen LogP contribution in [0.25, 0.3) is 11.3 Å². The number of carboxylic acid groups (broad SMARTS) is 1. The Hall–Kier alpha value is -2.36. The summed E-state index contributed by atoms with van der Waals surface area (Å²) >= 11 is 0. The van der Waals surface area contributed by atoms with Gasteiger partial charge in [-0.15, -0.1) is 0 Å². The molecule has 1 N–H and O–H groups in total. The second-order valence-corrected chi connectivity index (χ2v) is 5.94. The van der Waals surface area contributed by atoms with Crippen LogP contribution in [0.15, 0.2) is 36.4 Å². The molecule has 0 aliphatic rings. The van der Waals surface area contributed by atoms with E-state index in [1.54, 1.807) is 12.1 Å². The third-order valence-corrected chi connectivity index (χ3v) is 3.43. The number of carboxylic acids is 1. The number of rotatable bonds is 7. The molecule has 0 saturated carbocycles. The summed E-state index contributed by atoms with van der Waals surface area (Å²) in [7, 11) is 0. The zero-order chi connectivity index (χ0) is 16.8. The van der Waals surface area contributed by atoms with Gasteiger partial charge in [-0.3, -0.25) is 4.98 Å². The summed E-state index contributed by atoms with van der Waals surface area (Å²) in [5.74, 6) is 0.179. The van der Waals surface area contributed by atoms with Crippen molar-refractivity contribution in [2.45, 2.75) is 33.6 Å². The van der Waals surface area contributed by atoms with Crippen molar-refractivity contribution in [3.8, 4) is 17.0 Å². The fourth-order valence-electron chi connectivity index (χ4n) is 2.40. The van der Waals surface area contributed by atoms with Crippen LogP contribution in [0, 0.1) is 5.92 Å². The highest BCUT2D eigenvalue weighted by molar-refractivity contribution is 5.89. The molecule has 2 aromatic rings. The van der Waals surface area contributed by atoms with Crippen LogP contribution in [-0.4, -0.2) is 22.7 Å². The van der Waals surface area contributed by atoms with Crippen molar-refractivity contribution in [2.24, 2.45) is 5.92 Å². The first-order valence-electron chi connectivity index (χ1n) is 7.98. The second kappa shape index (κ2) is 7.77. The van der Waals surface area contributed by atoms with Gasteiger partial charge in [0, 0.05) is 5.56 Å². The van der Waals surface area contributed by atoms with Crippen molar-refractivity contribution in [2.75, 3.05) is 6.61 Å². The highest BCUT2D eigenvalue weighted by atomic mass is 16.5. The molecule has 1 heterocycles. The minimum absolute atomic E-state index is 0.273. The van der Waals surface area contributed by atoms with Gasteiger partial charge < -0.3 is 9.84 Å². The van der Waals surface area contributed by atoms with Crippen LogP contribution in [0.3, 0.4) is 0 Å². The van der Waals surface area contributed by atoms with Crippen molar-refractivity contribution in [3.05, 3.63) is 47.7 Å². The van der Waals surface area contributed by atoms with Gasteiger partial charge >= 0.3 is 5.97 Å². The molecule has 0 atom stereocenters. The largest absolute Gasteiger partial charge is 0.493 e. The Bertz CT molecular complexity index is 680. The minimum atomic E-state index is -0.935. The average molecular weight is 313 g/mol. The fourth-order valence-corrected chi connectivity index (χ4v) is 2.40. The molecule has 0 aliphatic heterocycles. The van der Waals surface area contributed by atoms with Crippen LogP contribution in [0.2, 0.25) is 0 Å². The number of aromatic carboxylic acids is 1. The molecule has 0 amide bonds. The van der Waals surface area contributed by atoms with Gasteiger partial charge in [0.25, 0.3) is 0 Å². The Morgan fingerprint density at radius 2 is 1.96 bits per heavy atom. The summed E-state index contributed by atoms with van der Waals surface area (Å²) in [4.78, 5) is 16.0. The average Bonchev–Trinajstić information content (AvgIpc) is 2.52. The number of para-hydroxylation sites is 1. The van der Waals surface area contributed by atoms with Gasteiger partial charge in [0.1, 0.15) is 5.75 Å². The zero-order valence-electron chi connectivity index (χ0n) is 13.9. The first-order chi connectivity index (χ1) is 11.0. The van der Waals surface area contributed by atoms with Crippen molar-refractivity contribution >= 4 is 5.97 Å². The van der Waals surface area contributed by atoms with Crippen LogP contribution in [-0.2, 0) is 6.42 Å². The quantitative estimate of drug-likeness (QED) is 0.821. The topological polar surface area (TPSA) is 59.4 Å². The van der Waals surface area contributed by atoms with Crippen LogP contribution in [0.1, 0.15) is 43.2 Å². The van der Waals surface area contributed by atoms with E-state index in [-0.39, 0.29) is 5.56 Å². The highest BCUT2D eigenvalue weighted by Crippen LogP contribution is 2.29. The molecule has 0 bridgehead atoms. The summed E-state index contributed by atoms with van der Waals surface area (Å²) in [6.45, 7) is 6.81. The second-order valence-electron chi connectivity index (χ2n) is 5.94. The molecular formula is C19H23NO3. The van der Waals surface area contributed by atoms with Crippen LogP contribution in [0.5, 0.6) is 5.75 Å². The molecule has 1 aromatic carbocycles. The molecular weight excluding hydrogens is 290 g/mol. The first kappa shape index (κ1) is 17.0. The number of nitrogens with zero attached hydrogens (tertiary/aromatic N) is 1. The van der Waals surface area contributed by atoms with E-state index < -0.39 is 5.97 Å². The van der Waals surface area contributed by atoms with Crippen LogP contribution < -0.4 is 4.74 Å². The molecule has 4 nitrogen and oxygen atoms in total. The van der Waals surface area contributed by atoms with E-state index in [1.807, 2.05) is 24.3 Å². The van der Waals surface area contributed by atoms with E-state index in [2.05, 4.69) is 25.8 Å². The highest BCUT2D eigenvalue weighted by Gasteiger charge is 2.15. The number of benzene rings is 1. The Morgan fingerprint density at radius 3 is 2.61 bits per heavy atom. The summed E-state index contributed by atoms with van der Waals surface area (Å²) < 4.78 is 5.78. The summed E-state index contributed by atoms with van der Waals surface area (Å²) in [5.41, 5.74) is 2.53. The summed E-state index contributed by atoms with van der Waals surface area (Å²) in [6.07, 6.45) is 1.56. The Morgan fingerprint density at radius 1 is 1.22 bits per heavy atom. The normalized spacial score (nSPS) is 10.8. The van der Waals surface area contributed by atoms with Gasteiger partial charge in [-0.1, -0.05) is 32.9 Å². The minimum Gasteiger partial charge on any atom is -0.493 e. The van der Waals surface area contributed by atoms with Crippen molar-refractivity contribution < 1.29 is 14.6 Å². The maximum Gasteiger partial charge on any atom is 0.337 e. The van der Waals surface area contributed by atoms with Gasteiger partial charge in [0.15, 0.2) is 0 Å². The number of pyridine rings is 1. The zero-order valence-corrected chi connectivity index (χ0v) is 13.9. The Kier molecular flexibility index (Phi) is 5.74. The molecule has 23 heavy (non-hydrogen) atoms. The predicted octanol–water partition coefficient (Wildman–Crippen LogP) is 4.43. The lowest BCUT2D eigenvalue weighted by Gasteiger charge is -2.13. The van der Waals surface area contributed by atoms with Gasteiger partial charge in [0.2, 0.25) is 0 Å². The molecule has 0 unspecified atom stereocenters. The van der Waals surface area contributed by atoms with E-state index in [1.165, 1.54) is 0 Å². The van der Waals surface area contributed by atoms with Gasteiger partial charge in [-0.2, -0.15) is 0 Å². The Labute approximate surface area is 137 Å². The maximum atomic E-state index is 11.4. The maximum absolute atomic E-state index is 11.4. The standard InChI is InChI=1S/C19H23NO3/c1-4-11-23-18-8-6-5-7-14(18)16-10-9-15(19(21)22)17(20-16)12-13(2)3/h5-10,13H,4,11-12H2,1-3H3,(H,21,22).